The molecule has 3 nitrogen and oxygen atoms in total. The Morgan fingerprint density at radius 2 is 1.70 bits per heavy atom. The highest BCUT2D eigenvalue weighted by atomic mass is 16.2. The molecular weight excluding hydrogens is 248 g/mol. The van der Waals surface area contributed by atoms with Crippen molar-refractivity contribution in [2.45, 2.75) is 58.8 Å². The SMILES string of the molecule is CC(C)C1CCN(C(=O)CCCN2CCCCC2)CC1. The molecule has 3 heteroatoms. The zero-order chi connectivity index (χ0) is 14.4. The number of hydrogen-bond acceptors (Lipinski definition) is 2. The second-order valence-electron chi connectivity index (χ2n) is 6.97. The van der Waals surface area contributed by atoms with Gasteiger partial charge in [-0.15, -0.1) is 0 Å². The number of likely N-dealkylation sites (tertiary alicyclic amines) is 2. The van der Waals surface area contributed by atoms with Crippen molar-refractivity contribution >= 4 is 5.91 Å². The van der Waals surface area contributed by atoms with E-state index < -0.39 is 0 Å². The van der Waals surface area contributed by atoms with E-state index in [1.54, 1.807) is 0 Å². The predicted octanol–water partition coefficient (Wildman–Crippen LogP) is 3.15. The van der Waals surface area contributed by atoms with E-state index in [0.29, 0.717) is 5.91 Å². The zero-order valence-electron chi connectivity index (χ0n) is 13.4. The lowest BCUT2D eigenvalue weighted by molar-refractivity contribution is -0.133. The van der Waals surface area contributed by atoms with Crippen LogP contribution in [0.5, 0.6) is 0 Å². The molecule has 0 aliphatic carbocycles. The maximum Gasteiger partial charge on any atom is 0.222 e. The molecule has 0 aromatic carbocycles. The van der Waals surface area contributed by atoms with Gasteiger partial charge in [-0.3, -0.25) is 4.79 Å². The topological polar surface area (TPSA) is 23.6 Å². The Kier molecular flexibility index (Phi) is 6.34. The molecule has 2 aliphatic rings. The second-order valence-corrected chi connectivity index (χ2v) is 6.97. The number of carbonyl (C=O) groups excluding carboxylic acids is 1. The van der Waals surface area contributed by atoms with E-state index in [2.05, 4.69) is 23.6 Å². The van der Waals surface area contributed by atoms with Crippen molar-refractivity contribution in [2.24, 2.45) is 11.8 Å². The molecule has 2 rings (SSSR count). The third kappa shape index (κ3) is 4.76. The Morgan fingerprint density at radius 3 is 2.30 bits per heavy atom. The molecule has 0 radical (unpaired) electrons. The van der Waals surface area contributed by atoms with Crippen LogP contribution < -0.4 is 0 Å². The molecule has 2 heterocycles. The van der Waals surface area contributed by atoms with Crippen molar-refractivity contribution in [3.63, 3.8) is 0 Å². The van der Waals surface area contributed by atoms with Gasteiger partial charge in [0.2, 0.25) is 5.91 Å². The Hall–Kier alpha value is -0.570. The van der Waals surface area contributed by atoms with Crippen molar-refractivity contribution in [3.8, 4) is 0 Å². The van der Waals surface area contributed by atoms with Crippen LogP contribution >= 0.6 is 0 Å². The summed E-state index contributed by atoms with van der Waals surface area (Å²) in [5, 5.41) is 0. The summed E-state index contributed by atoms with van der Waals surface area (Å²) in [6.45, 7) is 10.2. The Balaban J connectivity index is 1.60. The first-order valence-electron chi connectivity index (χ1n) is 8.67. The minimum atomic E-state index is 0.393. The highest BCUT2D eigenvalue weighted by molar-refractivity contribution is 5.76. The van der Waals surface area contributed by atoms with Gasteiger partial charge in [0.25, 0.3) is 0 Å². The van der Waals surface area contributed by atoms with Crippen molar-refractivity contribution in [3.05, 3.63) is 0 Å². The molecule has 0 aromatic heterocycles. The van der Waals surface area contributed by atoms with Gasteiger partial charge in [0.05, 0.1) is 0 Å². The van der Waals surface area contributed by atoms with Crippen molar-refractivity contribution in [2.75, 3.05) is 32.7 Å². The Bertz CT molecular complexity index is 289. The number of nitrogens with zero attached hydrogens (tertiary/aromatic N) is 2. The summed E-state index contributed by atoms with van der Waals surface area (Å²) in [6.07, 6.45) is 8.28. The Morgan fingerprint density at radius 1 is 1.05 bits per heavy atom. The van der Waals surface area contributed by atoms with Crippen molar-refractivity contribution < 1.29 is 4.79 Å². The number of amides is 1. The van der Waals surface area contributed by atoms with Crippen molar-refractivity contribution in [1.29, 1.82) is 0 Å². The molecule has 1 amide bonds. The maximum absolute atomic E-state index is 12.2. The fourth-order valence-corrected chi connectivity index (χ4v) is 3.61. The third-order valence-electron chi connectivity index (χ3n) is 5.15. The van der Waals surface area contributed by atoms with Crippen LogP contribution in [0.15, 0.2) is 0 Å². The van der Waals surface area contributed by atoms with Crippen LogP contribution in [0.2, 0.25) is 0 Å². The third-order valence-corrected chi connectivity index (χ3v) is 5.15. The molecule has 2 aliphatic heterocycles. The standard InChI is InChI=1S/C17H32N2O/c1-15(2)16-8-13-19(14-9-16)17(20)7-6-12-18-10-4-3-5-11-18/h15-16H,3-14H2,1-2H3. The van der Waals surface area contributed by atoms with E-state index in [9.17, 15) is 4.79 Å². The molecule has 0 atom stereocenters. The molecule has 0 saturated carbocycles. The number of carbonyl (C=O) groups is 1. The first kappa shape index (κ1) is 15.8. The number of piperidine rings is 2. The highest BCUT2D eigenvalue weighted by Gasteiger charge is 2.24. The van der Waals surface area contributed by atoms with Gasteiger partial charge in [-0.25, -0.2) is 0 Å². The summed E-state index contributed by atoms with van der Waals surface area (Å²) in [7, 11) is 0. The second kappa shape index (κ2) is 8.02. The smallest absolute Gasteiger partial charge is 0.222 e. The lowest BCUT2D eigenvalue weighted by Gasteiger charge is -2.34. The van der Waals surface area contributed by atoms with Gasteiger partial charge in [-0.1, -0.05) is 20.3 Å². The molecule has 116 valence electrons. The quantitative estimate of drug-likeness (QED) is 0.772. The molecule has 0 aromatic rings. The summed E-state index contributed by atoms with van der Waals surface area (Å²) in [4.78, 5) is 16.9. The van der Waals surface area contributed by atoms with Gasteiger partial charge in [0, 0.05) is 19.5 Å². The molecular formula is C17H32N2O. The van der Waals surface area contributed by atoms with Crippen LogP contribution in [0, 0.1) is 11.8 Å². The molecule has 0 spiro atoms. The van der Waals surface area contributed by atoms with E-state index in [4.69, 9.17) is 0 Å². The number of hydrogen-bond donors (Lipinski definition) is 0. The maximum atomic E-state index is 12.2. The molecule has 0 bridgehead atoms. The largest absolute Gasteiger partial charge is 0.343 e. The van der Waals surface area contributed by atoms with E-state index in [1.165, 1.54) is 45.2 Å². The van der Waals surface area contributed by atoms with Crippen LogP contribution in [-0.2, 0) is 4.79 Å². The van der Waals surface area contributed by atoms with Gasteiger partial charge >= 0.3 is 0 Å². The van der Waals surface area contributed by atoms with E-state index in [0.717, 1.165) is 44.3 Å². The van der Waals surface area contributed by atoms with E-state index >= 15 is 0 Å². The lowest BCUT2D eigenvalue weighted by atomic mass is 9.86. The van der Waals surface area contributed by atoms with Gasteiger partial charge in [0.15, 0.2) is 0 Å². The number of rotatable bonds is 5. The van der Waals surface area contributed by atoms with Gasteiger partial charge in [-0.05, 0) is 63.6 Å². The van der Waals surface area contributed by atoms with Gasteiger partial charge < -0.3 is 9.80 Å². The molecule has 0 unspecified atom stereocenters. The van der Waals surface area contributed by atoms with Crippen LogP contribution in [-0.4, -0.2) is 48.4 Å². The van der Waals surface area contributed by atoms with Gasteiger partial charge in [0.1, 0.15) is 0 Å². The monoisotopic (exact) mass is 280 g/mol. The van der Waals surface area contributed by atoms with E-state index in [1.807, 2.05) is 0 Å². The first-order valence-corrected chi connectivity index (χ1v) is 8.67. The average Bonchev–Trinajstić information content (AvgIpc) is 2.48. The van der Waals surface area contributed by atoms with E-state index in [-0.39, 0.29) is 0 Å². The molecule has 20 heavy (non-hydrogen) atoms. The lowest BCUT2D eigenvalue weighted by Crippen LogP contribution is -2.40. The average molecular weight is 280 g/mol. The van der Waals surface area contributed by atoms with Crippen LogP contribution in [0.4, 0.5) is 0 Å². The fraction of sp³-hybridized carbons (Fsp3) is 0.941. The molecule has 2 saturated heterocycles. The summed E-state index contributed by atoms with van der Waals surface area (Å²) in [5.41, 5.74) is 0. The minimum absolute atomic E-state index is 0.393. The molecule has 2 fully saturated rings. The first-order chi connectivity index (χ1) is 9.66. The van der Waals surface area contributed by atoms with Crippen molar-refractivity contribution in [1.82, 2.24) is 9.80 Å². The van der Waals surface area contributed by atoms with Crippen LogP contribution in [0.1, 0.15) is 58.8 Å². The summed E-state index contributed by atoms with van der Waals surface area (Å²) >= 11 is 0. The summed E-state index contributed by atoms with van der Waals surface area (Å²) < 4.78 is 0. The zero-order valence-corrected chi connectivity index (χ0v) is 13.4. The summed E-state index contributed by atoms with van der Waals surface area (Å²) in [6, 6.07) is 0. The molecule has 0 N–H and O–H groups in total. The minimum Gasteiger partial charge on any atom is -0.343 e. The van der Waals surface area contributed by atoms with Crippen LogP contribution in [0.3, 0.4) is 0 Å². The predicted molar refractivity (Wildman–Crippen MR) is 83.7 cm³/mol. The summed E-state index contributed by atoms with van der Waals surface area (Å²) in [5.74, 6) is 1.99. The van der Waals surface area contributed by atoms with Crippen LogP contribution in [0.25, 0.3) is 0 Å². The highest BCUT2D eigenvalue weighted by Crippen LogP contribution is 2.24. The Labute approximate surface area is 124 Å². The van der Waals surface area contributed by atoms with Gasteiger partial charge in [-0.2, -0.15) is 0 Å². The fourth-order valence-electron chi connectivity index (χ4n) is 3.61. The normalized spacial score (nSPS) is 22.4.